The SMILES string of the molecule is Cc1c(-c2ccnc(N3CCC(Cc4ccccc4)CC3)n2)nnc2nc(-c3ccco3)nn12. The Morgan fingerprint density at radius 3 is 2.62 bits per heavy atom. The molecule has 0 N–H and O–H groups in total. The Morgan fingerprint density at radius 2 is 1.82 bits per heavy atom. The van der Waals surface area contributed by atoms with E-state index in [0.29, 0.717) is 29.0 Å². The van der Waals surface area contributed by atoms with E-state index in [0.717, 1.165) is 49.7 Å². The Balaban J connectivity index is 1.22. The second-order valence-electron chi connectivity index (χ2n) is 8.62. The molecule has 1 aliphatic heterocycles. The lowest BCUT2D eigenvalue weighted by Crippen LogP contribution is -2.35. The van der Waals surface area contributed by atoms with Crippen LogP contribution in [0.3, 0.4) is 0 Å². The molecule has 0 bridgehead atoms. The number of piperidine rings is 1. The first-order valence-corrected chi connectivity index (χ1v) is 11.5. The van der Waals surface area contributed by atoms with Crippen LogP contribution in [0.2, 0.25) is 0 Å². The van der Waals surface area contributed by atoms with Gasteiger partial charge in [-0.2, -0.15) is 9.50 Å². The summed E-state index contributed by atoms with van der Waals surface area (Å²) in [6.07, 6.45) is 6.76. The molecule has 4 aromatic heterocycles. The van der Waals surface area contributed by atoms with Crippen LogP contribution in [0.25, 0.3) is 28.8 Å². The molecule has 5 aromatic rings. The number of anilines is 1. The normalized spacial score (nSPS) is 14.7. The van der Waals surface area contributed by atoms with Crippen molar-refractivity contribution in [3.63, 3.8) is 0 Å². The van der Waals surface area contributed by atoms with Gasteiger partial charge in [0.25, 0.3) is 5.78 Å². The van der Waals surface area contributed by atoms with Gasteiger partial charge in [0, 0.05) is 19.3 Å². The van der Waals surface area contributed by atoms with Crippen LogP contribution in [0.1, 0.15) is 24.1 Å². The molecule has 1 aliphatic rings. The number of hydrogen-bond acceptors (Lipinski definition) is 8. The number of furan rings is 1. The van der Waals surface area contributed by atoms with Crippen LogP contribution < -0.4 is 4.90 Å². The molecule has 0 saturated carbocycles. The van der Waals surface area contributed by atoms with Crippen molar-refractivity contribution in [3.8, 4) is 23.0 Å². The van der Waals surface area contributed by atoms with Crippen molar-refractivity contribution in [1.29, 1.82) is 0 Å². The van der Waals surface area contributed by atoms with Gasteiger partial charge in [-0.1, -0.05) is 30.3 Å². The lowest BCUT2D eigenvalue weighted by molar-refractivity contribution is 0.400. The van der Waals surface area contributed by atoms with Crippen molar-refractivity contribution in [2.75, 3.05) is 18.0 Å². The molecule has 1 fully saturated rings. The fourth-order valence-corrected chi connectivity index (χ4v) is 4.52. The monoisotopic (exact) mass is 452 g/mol. The molecule has 0 aliphatic carbocycles. The van der Waals surface area contributed by atoms with Gasteiger partial charge in [0.15, 0.2) is 5.76 Å². The highest BCUT2D eigenvalue weighted by molar-refractivity contribution is 5.59. The van der Waals surface area contributed by atoms with Gasteiger partial charge in [0.05, 0.1) is 17.7 Å². The quantitative estimate of drug-likeness (QED) is 0.395. The standard InChI is InChI=1S/C25H24N8O/c1-17-22(29-30-25-28-23(31-33(17)25)21-8-5-15-34-21)20-9-12-26-24(27-20)32-13-10-19(11-14-32)16-18-6-3-2-4-7-18/h2-9,12,15,19H,10-11,13-14,16H2,1H3. The maximum atomic E-state index is 5.41. The molecule has 5 heterocycles. The molecule has 1 saturated heterocycles. The van der Waals surface area contributed by atoms with Crippen LogP contribution in [0.5, 0.6) is 0 Å². The lowest BCUT2D eigenvalue weighted by atomic mass is 9.90. The number of rotatable bonds is 5. The fraction of sp³-hybridized carbons (Fsp3) is 0.280. The maximum Gasteiger partial charge on any atom is 0.272 e. The number of aryl methyl sites for hydroxylation is 1. The first-order valence-electron chi connectivity index (χ1n) is 11.5. The van der Waals surface area contributed by atoms with Gasteiger partial charge < -0.3 is 9.32 Å². The summed E-state index contributed by atoms with van der Waals surface area (Å²) in [6, 6.07) is 16.2. The minimum atomic E-state index is 0.419. The molecular formula is C25H24N8O. The number of fused-ring (bicyclic) bond motifs is 1. The van der Waals surface area contributed by atoms with E-state index in [4.69, 9.17) is 9.40 Å². The topological polar surface area (TPSA) is 98.1 Å². The summed E-state index contributed by atoms with van der Waals surface area (Å²) in [7, 11) is 0. The van der Waals surface area contributed by atoms with Gasteiger partial charge >= 0.3 is 0 Å². The molecule has 0 unspecified atom stereocenters. The van der Waals surface area contributed by atoms with E-state index < -0.39 is 0 Å². The van der Waals surface area contributed by atoms with Gasteiger partial charge in [-0.25, -0.2) is 9.97 Å². The average molecular weight is 453 g/mol. The van der Waals surface area contributed by atoms with Crippen LogP contribution >= 0.6 is 0 Å². The Bertz CT molecular complexity index is 1410. The molecule has 0 atom stereocenters. The Morgan fingerprint density at radius 1 is 0.971 bits per heavy atom. The number of nitrogens with zero attached hydrogens (tertiary/aromatic N) is 8. The zero-order valence-electron chi connectivity index (χ0n) is 18.9. The molecule has 0 amide bonds. The third-order valence-electron chi connectivity index (χ3n) is 6.38. The summed E-state index contributed by atoms with van der Waals surface area (Å²) >= 11 is 0. The Labute approximate surface area is 196 Å². The zero-order chi connectivity index (χ0) is 22.9. The van der Waals surface area contributed by atoms with Crippen molar-refractivity contribution in [2.45, 2.75) is 26.2 Å². The predicted octanol–water partition coefficient (Wildman–Crippen LogP) is 4.00. The van der Waals surface area contributed by atoms with Crippen LogP contribution in [-0.2, 0) is 6.42 Å². The molecule has 0 radical (unpaired) electrons. The van der Waals surface area contributed by atoms with E-state index in [1.54, 1.807) is 23.0 Å². The Hall–Kier alpha value is -4.14. The minimum absolute atomic E-state index is 0.419. The van der Waals surface area contributed by atoms with Crippen LogP contribution in [0.15, 0.2) is 65.4 Å². The van der Waals surface area contributed by atoms with E-state index in [1.807, 2.05) is 19.1 Å². The van der Waals surface area contributed by atoms with Crippen molar-refractivity contribution < 1.29 is 4.42 Å². The van der Waals surface area contributed by atoms with Gasteiger partial charge in [0.1, 0.15) is 5.69 Å². The third-order valence-corrected chi connectivity index (χ3v) is 6.38. The highest BCUT2D eigenvalue weighted by Gasteiger charge is 2.22. The van der Waals surface area contributed by atoms with Crippen LogP contribution in [-0.4, -0.2) is 47.9 Å². The molecule has 170 valence electrons. The highest BCUT2D eigenvalue weighted by Crippen LogP contribution is 2.26. The van der Waals surface area contributed by atoms with Gasteiger partial charge in [-0.3, -0.25) is 0 Å². The number of benzene rings is 1. The lowest BCUT2D eigenvalue weighted by Gasteiger charge is -2.32. The molecule has 6 rings (SSSR count). The molecule has 34 heavy (non-hydrogen) atoms. The van der Waals surface area contributed by atoms with Crippen LogP contribution in [0.4, 0.5) is 5.95 Å². The van der Waals surface area contributed by atoms with E-state index in [-0.39, 0.29) is 0 Å². The summed E-state index contributed by atoms with van der Waals surface area (Å²) in [5.41, 5.74) is 3.60. The zero-order valence-corrected chi connectivity index (χ0v) is 18.9. The molecule has 0 spiro atoms. The van der Waals surface area contributed by atoms with Crippen LogP contribution in [0, 0.1) is 12.8 Å². The second kappa shape index (κ2) is 8.66. The second-order valence-corrected chi connectivity index (χ2v) is 8.62. The minimum Gasteiger partial charge on any atom is -0.461 e. The first-order chi connectivity index (χ1) is 16.7. The van der Waals surface area contributed by atoms with Gasteiger partial charge in [0.2, 0.25) is 11.8 Å². The van der Waals surface area contributed by atoms with Crippen molar-refractivity contribution in [2.24, 2.45) is 5.92 Å². The summed E-state index contributed by atoms with van der Waals surface area (Å²) in [4.78, 5) is 16.1. The fourth-order valence-electron chi connectivity index (χ4n) is 4.52. The average Bonchev–Trinajstić information content (AvgIpc) is 3.56. The van der Waals surface area contributed by atoms with E-state index >= 15 is 0 Å². The summed E-state index contributed by atoms with van der Waals surface area (Å²) in [5.74, 6) is 2.90. The van der Waals surface area contributed by atoms with Crippen molar-refractivity contribution in [3.05, 3.63) is 72.2 Å². The summed E-state index contributed by atoms with van der Waals surface area (Å²) < 4.78 is 7.09. The number of aromatic nitrogens is 7. The molecule has 1 aromatic carbocycles. The predicted molar refractivity (Wildman–Crippen MR) is 127 cm³/mol. The highest BCUT2D eigenvalue weighted by atomic mass is 16.3. The maximum absolute atomic E-state index is 5.41. The van der Waals surface area contributed by atoms with Crippen molar-refractivity contribution >= 4 is 11.7 Å². The van der Waals surface area contributed by atoms with Gasteiger partial charge in [-0.05, 0) is 55.9 Å². The van der Waals surface area contributed by atoms with E-state index in [2.05, 4.69) is 60.5 Å². The summed E-state index contributed by atoms with van der Waals surface area (Å²) in [5, 5.41) is 13.2. The first kappa shape index (κ1) is 20.5. The smallest absolute Gasteiger partial charge is 0.272 e. The Kier molecular flexibility index (Phi) is 5.21. The van der Waals surface area contributed by atoms with Crippen molar-refractivity contribution in [1.82, 2.24) is 34.8 Å². The molecule has 9 heteroatoms. The van der Waals surface area contributed by atoms with E-state index in [1.165, 1.54) is 5.56 Å². The number of hydrogen-bond donors (Lipinski definition) is 0. The molecular weight excluding hydrogens is 428 g/mol. The third kappa shape index (κ3) is 3.89. The molecule has 9 nitrogen and oxygen atoms in total. The largest absolute Gasteiger partial charge is 0.461 e. The van der Waals surface area contributed by atoms with Gasteiger partial charge in [-0.15, -0.1) is 15.3 Å². The van der Waals surface area contributed by atoms with E-state index in [9.17, 15) is 0 Å². The summed E-state index contributed by atoms with van der Waals surface area (Å²) in [6.45, 7) is 3.83.